The molecule has 236 valence electrons. The van der Waals surface area contributed by atoms with Crippen molar-refractivity contribution in [3.8, 4) is 11.1 Å². The van der Waals surface area contributed by atoms with E-state index in [1.165, 1.54) is 0 Å². The topological polar surface area (TPSA) is 123 Å². The van der Waals surface area contributed by atoms with Gasteiger partial charge in [0, 0.05) is 52.5 Å². The van der Waals surface area contributed by atoms with Crippen LogP contribution < -0.4 is 16.0 Å². The number of pyridine rings is 1. The minimum absolute atomic E-state index is 0.161. The molecule has 5 aromatic rings. The van der Waals surface area contributed by atoms with Crippen LogP contribution in [-0.2, 0) is 15.8 Å². The molecule has 0 bridgehead atoms. The van der Waals surface area contributed by atoms with E-state index in [2.05, 4.69) is 65.0 Å². The quantitative estimate of drug-likeness (QED) is 0.145. The number of amides is 2. The van der Waals surface area contributed by atoms with E-state index >= 15 is 0 Å². The Labute approximate surface area is 269 Å². The summed E-state index contributed by atoms with van der Waals surface area (Å²) in [5, 5.41) is 5.81. The lowest BCUT2D eigenvalue weighted by molar-refractivity contribution is 0.0997. The van der Waals surface area contributed by atoms with Crippen LogP contribution in [0.3, 0.4) is 0 Å². The third-order valence-electron chi connectivity index (χ3n) is 8.92. The molecule has 0 radical (unpaired) electrons. The van der Waals surface area contributed by atoms with Crippen LogP contribution in [-0.4, -0.2) is 49.5 Å². The van der Waals surface area contributed by atoms with Crippen LogP contribution in [0.4, 0.5) is 16.2 Å². The number of ether oxygens (including phenoxy) is 1. The molecule has 0 aliphatic carbocycles. The fourth-order valence-electron chi connectivity index (χ4n) is 6.00. The molecule has 1 atom stereocenters. The molecule has 1 aliphatic heterocycles. The van der Waals surface area contributed by atoms with E-state index in [4.69, 9.17) is 14.9 Å². The van der Waals surface area contributed by atoms with Gasteiger partial charge in [0.2, 0.25) is 8.32 Å². The van der Waals surface area contributed by atoms with Crippen LogP contribution in [0.15, 0.2) is 84.7 Å². The van der Waals surface area contributed by atoms with Crippen LogP contribution in [0.2, 0.25) is 13.1 Å². The van der Waals surface area contributed by atoms with Crippen molar-refractivity contribution in [2.24, 2.45) is 5.73 Å². The molecule has 2 amide bonds. The number of H-pyrrole nitrogens is 1. The fourth-order valence-corrected chi connectivity index (χ4v) is 7.22. The summed E-state index contributed by atoms with van der Waals surface area (Å²) < 4.78 is 12.0. The average Bonchev–Trinajstić information content (AvgIpc) is 3.65. The minimum Gasteiger partial charge on any atom is -0.444 e. The molecule has 2 aromatic heterocycles. The van der Waals surface area contributed by atoms with Crippen molar-refractivity contribution >= 4 is 53.5 Å². The number of aromatic nitrogens is 2. The second kappa shape index (κ2) is 12.5. The summed E-state index contributed by atoms with van der Waals surface area (Å²) in [7, 11) is -1.94. The standard InChI is InChI=1S/C36H39N5O4Si/c1-22(2)46(4,5)45-26-16-17-41(20-26)25-14-15-28-31(18-25)39-33-32(28)29(19-38-34(33)35(37)42)27-12-9-13-30(23(27)3)40-36(43)44-21-24-10-7-6-8-11-24/h6-15,18-19,26,39H,1,16-17,20-21H2,2-5H3,(H2,37,42)(H,40,43). The molecule has 1 unspecified atom stereocenters. The maximum absolute atomic E-state index is 12.7. The number of hydrogen-bond donors (Lipinski definition) is 3. The number of benzene rings is 3. The van der Waals surface area contributed by atoms with E-state index in [9.17, 15) is 9.59 Å². The zero-order chi connectivity index (χ0) is 32.6. The first-order valence-electron chi connectivity index (χ1n) is 15.4. The minimum atomic E-state index is -1.94. The smallest absolute Gasteiger partial charge is 0.411 e. The Morgan fingerprint density at radius 3 is 2.63 bits per heavy atom. The lowest BCUT2D eigenvalue weighted by Gasteiger charge is -2.28. The average molecular weight is 634 g/mol. The number of carbonyl (C=O) groups excluding carboxylic acids is 2. The van der Waals surface area contributed by atoms with Crippen LogP contribution in [0.5, 0.6) is 0 Å². The van der Waals surface area contributed by atoms with E-state index in [1.54, 1.807) is 6.20 Å². The van der Waals surface area contributed by atoms with Crippen molar-refractivity contribution in [3.63, 3.8) is 0 Å². The predicted molar refractivity (Wildman–Crippen MR) is 187 cm³/mol. The van der Waals surface area contributed by atoms with Crippen molar-refractivity contribution < 1.29 is 18.8 Å². The van der Waals surface area contributed by atoms with Gasteiger partial charge in [-0.15, -0.1) is 6.58 Å². The summed E-state index contributed by atoms with van der Waals surface area (Å²) in [5.41, 5.74) is 12.5. The van der Waals surface area contributed by atoms with Gasteiger partial charge in [0.15, 0.2) is 5.69 Å². The molecule has 9 nitrogen and oxygen atoms in total. The van der Waals surface area contributed by atoms with Gasteiger partial charge in [0.1, 0.15) is 6.61 Å². The first-order chi connectivity index (χ1) is 22.0. The largest absolute Gasteiger partial charge is 0.444 e. The lowest BCUT2D eigenvalue weighted by atomic mass is 9.96. The number of anilines is 2. The number of nitrogens with one attached hydrogen (secondary N) is 2. The Balaban J connectivity index is 1.32. The predicted octanol–water partition coefficient (Wildman–Crippen LogP) is 7.45. The molecule has 1 aliphatic rings. The molecule has 1 saturated heterocycles. The highest BCUT2D eigenvalue weighted by Gasteiger charge is 2.32. The van der Waals surface area contributed by atoms with Crippen molar-refractivity contribution in [1.82, 2.24) is 9.97 Å². The maximum Gasteiger partial charge on any atom is 0.411 e. The number of allylic oxidation sites excluding steroid dienone is 1. The summed E-state index contributed by atoms with van der Waals surface area (Å²) in [6.07, 6.45) is 2.25. The van der Waals surface area contributed by atoms with Gasteiger partial charge in [-0.2, -0.15) is 0 Å². The van der Waals surface area contributed by atoms with Crippen molar-refractivity contribution in [1.29, 1.82) is 0 Å². The second-order valence-corrected chi connectivity index (χ2v) is 16.5. The van der Waals surface area contributed by atoms with E-state index in [-0.39, 0.29) is 18.4 Å². The number of rotatable bonds is 9. The number of fused-ring (bicyclic) bond motifs is 3. The molecule has 10 heteroatoms. The van der Waals surface area contributed by atoms with Crippen LogP contribution in [0.1, 0.15) is 35.0 Å². The summed E-state index contributed by atoms with van der Waals surface area (Å²) in [6, 6.07) is 21.5. The zero-order valence-electron chi connectivity index (χ0n) is 26.6. The molecular weight excluding hydrogens is 595 g/mol. The van der Waals surface area contributed by atoms with E-state index in [1.807, 2.05) is 55.5 Å². The second-order valence-electron chi connectivity index (χ2n) is 12.4. The van der Waals surface area contributed by atoms with Gasteiger partial charge in [0.25, 0.3) is 5.91 Å². The van der Waals surface area contributed by atoms with Gasteiger partial charge >= 0.3 is 6.09 Å². The van der Waals surface area contributed by atoms with Gasteiger partial charge in [-0.3, -0.25) is 10.1 Å². The Morgan fingerprint density at radius 1 is 1.11 bits per heavy atom. The molecule has 0 saturated carbocycles. The third-order valence-corrected chi connectivity index (χ3v) is 11.9. The van der Waals surface area contributed by atoms with E-state index < -0.39 is 20.3 Å². The molecule has 3 aromatic carbocycles. The molecule has 4 N–H and O–H groups in total. The SMILES string of the molecule is C=C(C)[Si](C)(C)OC1CCN(c2ccc3c(c2)[nH]c2c(C(N)=O)ncc(-c4cccc(NC(=O)OCc5ccccc5)c4C)c23)C1. The molecular formula is C36H39N5O4Si. The Bertz CT molecular complexity index is 1970. The maximum atomic E-state index is 12.7. The molecule has 3 heterocycles. The van der Waals surface area contributed by atoms with Crippen molar-refractivity contribution in [2.45, 2.75) is 46.1 Å². The molecule has 6 rings (SSSR count). The monoisotopic (exact) mass is 633 g/mol. The number of carbonyl (C=O) groups is 2. The van der Waals surface area contributed by atoms with Crippen LogP contribution in [0, 0.1) is 6.92 Å². The Morgan fingerprint density at radius 2 is 1.89 bits per heavy atom. The fraction of sp³-hybridized carbons (Fsp3) is 0.250. The highest BCUT2D eigenvalue weighted by Crippen LogP contribution is 2.39. The van der Waals surface area contributed by atoms with Crippen molar-refractivity contribution in [2.75, 3.05) is 23.3 Å². The number of primary amides is 1. The molecule has 46 heavy (non-hydrogen) atoms. The first-order valence-corrected chi connectivity index (χ1v) is 18.3. The summed E-state index contributed by atoms with van der Waals surface area (Å²) in [6.45, 7) is 14.4. The van der Waals surface area contributed by atoms with Gasteiger partial charge in [0.05, 0.1) is 11.6 Å². The highest BCUT2D eigenvalue weighted by atomic mass is 28.4. The Kier molecular flexibility index (Phi) is 8.41. The van der Waals surface area contributed by atoms with Gasteiger partial charge in [-0.05, 0) is 68.3 Å². The van der Waals surface area contributed by atoms with Gasteiger partial charge in [-0.1, -0.05) is 53.7 Å². The van der Waals surface area contributed by atoms with Crippen LogP contribution in [0.25, 0.3) is 32.9 Å². The van der Waals surface area contributed by atoms with E-state index in [0.717, 1.165) is 68.9 Å². The summed E-state index contributed by atoms with van der Waals surface area (Å²) in [5.74, 6) is -0.611. The molecule has 1 fully saturated rings. The normalized spacial score (nSPS) is 15.0. The molecule has 0 spiro atoms. The number of aromatic amines is 1. The number of nitrogens with two attached hydrogens (primary N) is 1. The van der Waals surface area contributed by atoms with Crippen LogP contribution >= 0.6 is 0 Å². The van der Waals surface area contributed by atoms with Gasteiger partial charge in [-0.25, -0.2) is 9.78 Å². The number of hydrogen-bond acceptors (Lipinski definition) is 6. The number of nitrogens with zero attached hydrogens (tertiary/aromatic N) is 2. The highest BCUT2D eigenvalue weighted by molar-refractivity contribution is 6.78. The van der Waals surface area contributed by atoms with E-state index in [0.29, 0.717) is 11.2 Å². The third kappa shape index (κ3) is 6.13. The first kappa shape index (κ1) is 31.1. The van der Waals surface area contributed by atoms with Gasteiger partial charge < -0.3 is 24.8 Å². The van der Waals surface area contributed by atoms with Crippen molar-refractivity contribution in [3.05, 3.63) is 102 Å². The summed E-state index contributed by atoms with van der Waals surface area (Å²) >= 11 is 0. The zero-order valence-corrected chi connectivity index (χ0v) is 27.6. The lowest BCUT2D eigenvalue weighted by Crippen LogP contribution is -2.38. The summed E-state index contributed by atoms with van der Waals surface area (Å²) in [4.78, 5) is 35.4. The Hall–Kier alpha value is -4.93.